The number of hydrogen-bond acceptors (Lipinski definition) is 5. The summed E-state index contributed by atoms with van der Waals surface area (Å²) < 4.78 is 39.8. The van der Waals surface area contributed by atoms with Gasteiger partial charge in [0, 0.05) is 6.54 Å². The van der Waals surface area contributed by atoms with Crippen molar-refractivity contribution in [3.8, 4) is 0 Å². The molecular weight excluding hydrogens is 383 g/mol. The lowest BCUT2D eigenvalue weighted by Crippen LogP contribution is -2.29. The van der Waals surface area contributed by atoms with E-state index in [-0.39, 0.29) is 21.6 Å². The summed E-state index contributed by atoms with van der Waals surface area (Å²) in [5.74, 6) is -0.648. The number of hydrogen-bond donors (Lipinski definition) is 3. The molecule has 2 aromatic rings. The average Bonchev–Trinajstić information content (AvgIpc) is 2.94. The minimum atomic E-state index is -3.94. The smallest absolute Gasteiger partial charge is 0.242 e. The van der Waals surface area contributed by atoms with Crippen LogP contribution in [0, 0.1) is 5.82 Å². The lowest BCUT2D eigenvalue weighted by atomic mass is 10.2. The second-order valence-electron chi connectivity index (χ2n) is 4.23. The Morgan fingerprint density at radius 2 is 2.19 bits per heavy atom. The summed E-state index contributed by atoms with van der Waals surface area (Å²) in [5.41, 5.74) is 5.96. The van der Waals surface area contributed by atoms with E-state index in [9.17, 15) is 17.9 Å². The normalized spacial score (nSPS) is 13.3. The van der Waals surface area contributed by atoms with Crippen molar-refractivity contribution < 1.29 is 17.9 Å². The van der Waals surface area contributed by atoms with E-state index in [1.807, 2.05) is 0 Å². The van der Waals surface area contributed by atoms with Crippen molar-refractivity contribution >= 4 is 43.0 Å². The first kappa shape index (κ1) is 16.4. The van der Waals surface area contributed by atoms with Crippen LogP contribution in [0.25, 0.3) is 0 Å². The third-order valence-corrected chi connectivity index (χ3v) is 5.53. The van der Waals surface area contributed by atoms with Crippen LogP contribution in [0.1, 0.15) is 11.7 Å². The van der Waals surface area contributed by atoms with E-state index < -0.39 is 21.9 Å². The number of nitrogens with two attached hydrogens (primary N) is 1. The van der Waals surface area contributed by atoms with Crippen LogP contribution in [-0.2, 0) is 10.0 Å². The topological polar surface area (TPSA) is 92.4 Å². The molecule has 0 aliphatic heterocycles. The molecule has 4 N–H and O–H groups in total. The van der Waals surface area contributed by atoms with Crippen LogP contribution in [0.3, 0.4) is 0 Å². The average molecular weight is 395 g/mol. The van der Waals surface area contributed by atoms with E-state index in [0.717, 1.165) is 12.1 Å². The van der Waals surface area contributed by atoms with Gasteiger partial charge in [-0.05, 0) is 50.5 Å². The lowest BCUT2D eigenvalue weighted by Gasteiger charge is -2.13. The van der Waals surface area contributed by atoms with Crippen molar-refractivity contribution in [2.75, 3.05) is 12.3 Å². The molecule has 0 spiro atoms. The summed E-state index contributed by atoms with van der Waals surface area (Å²) in [5, 5.41) is 13.4. The predicted molar refractivity (Wildman–Crippen MR) is 83.0 cm³/mol. The summed E-state index contributed by atoms with van der Waals surface area (Å²) >= 11 is 4.31. The Balaban J connectivity index is 2.17. The van der Waals surface area contributed by atoms with Gasteiger partial charge in [-0.15, -0.1) is 0 Å². The molecule has 0 bridgehead atoms. The number of benzene rings is 1. The zero-order valence-corrected chi connectivity index (χ0v) is 13.8. The molecule has 0 fully saturated rings. The first-order valence-electron chi connectivity index (χ1n) is 5.75. The van der Waals surface area contributed by atoms with Crippen LogP contribution < -0.4 is 10.5 Å². The summed E-state index contributed by atoms with van der Waals surface area (Å²) in [6.45, 7) is -0.201. The number of aliphatic hydroxyl groups excluding tert-OH is 1. The molecule has 0 aliphatic carbocycles. The van der Waals surface area contributed by atoms with Crippen LogP contribution in [0.15, 0.2) is 38.3 Å². The van der Waals surface area contributed by atoms with Gasteiger partial charge in [-0.3, -0.25) is 0 Å². The molecule has 9 heteroatoms. The SMILES string of the molecule is Nc1cc(F)c(Br)cc1S(=O)(=O)NCC(O)c1ccsc1. The Morgan fingerprint density at radius 1 is 1.48 bits per heavy atom. The molecule has 0 saturated carbocycles. The Bertz CT molecular complexity index is 735. The molecule has 0 radical (unpaired) electrons. The number of sulfonamides is 1. The number of nitrogen functional groups attached to an aromatic ring is 1. The summed E-state index contributed by atoms with van der Waals surface area (Å²) in [4.78, 5) is -0.242. The molecule has 0 amide bonds. The quantitative estimate of drug-likeness (QED) is 0.678. The minimum Gasteiger partial charge on any atom is -0.398 e. The maximum absolute atomic E-state index is 13.3. The molecule has 0 saturated heterocycles. The molecule has 1 aromatic carbocycles. The van der Waals surface area contributed by atoms with Crippen molar-refractivity contribution in [2.24, 2.45) is 0 Å². The Kier molecular flexibility index (Phi) is 4.99. The van der Waals surface area contributed by atoms with Gasteiger partial charge in [0.2, 0.25) is 10.0 Å². The van der Waals surface area contributed by atoms with Crippen LogP contribution in [-0.4, -0.2) is 20.1 Å². The van der Waals surface area contributed by atoms with E-state index in [0.29, 0.717) is 5.56 Å². The van der Waals surface area contributed by atoms with E-state index in [1.165, 1.54) is 11.3 Å². The molecule has 0 aliphatic rings. The van der Waals surface area contributed by atoms with E-state index >= 15 is 0 Å². The number of thiophene rings is 1. The highest BCUT2D eigenvalue weighted by molar-refractivity contribution is 9.10. The monoisotopic (exact) mass is 394 g/mol. The highest BCUT2D eigenvalue weighted by atomic mass is 79.9. The van der Waals surface area contributed by atoms with Gasteiger partial charge in [-0.25, -0.2) is 17.5 Å². The van der Waals surface area contributed by atoms with Crippen molar-refractivity contribution in [2.45, 2.75) is 11.0 Å². The molecule has 21 heavy (non-hydrogen) atoms. The van der Waals surface area contributed by atoms with Crippen LogP contribution in [0.5, 0.6) is 0 Å². The van der Waals surface area contributed by atoms with Crippen LogP contribution >= 0.6 is 27.3 Å². The summed E-state index contributed by atoms with van der Waals surface area (Å²) in [6, 6.07) is 3.71. The Labute approximate surface area is 133 Å². The fourth-order valence-corrected chi connectivity index (χ4v) is 4.00. The minimum absolute atomic E-state index is 0.00421. The molecule has 1 unspecified atom stereocenters. The molecular formula is C12H12BrFN2O3S2. The number of nitrogens with one attached hydrogen (secondary N) is 1. The number of halogens is 2. The van der Waals surface area contributed by atoms with Gasteiger partial charge in [0.25, 0.3) is 0 Å². The van der Waals surface area contributed by atoms with E-state index in [4.69, 9.17) is 5.73 Å². The van der Waals surface area contributed by atoms with Crippen molar-refractivity contribution in [1.82, 2.24) is 4.72 Å². The Hall–Kier alpha value is -1.00. The van der Waals surface area contributed by atoms with Crippen LogP contribution in [0.2, 0.25) is 0 Å². The maximum Gasteiger partial charge on any atom is 0.242 e. The first-order valence-corrected chi connectivity index (χ1v) is 8.97. The second-order valence-corrected chi connectivity index (χ2v) is 7.60. The first-order chi connectivity index (χ1) is 9.81. The Morgan fingerprint density at radius 3 is 2.81 bits per heavy atom. The zero-order chi connectivity index (χ0) is 15.6. The standard InChI is InChI=1S/C12H12BrFN2O3S2/c13-8-3-12(10(15)4-9(8)14)21(18,19)16-5-11(17)7-1-2-20-6-7/h1-4,6,11,16-17H,5,15H2. The predicted octanol–water partition coefficient (Wildman–Crippen LogP) is 2.24. The molecule has 2 rings (SSSR count). The van der Waals surface area contributed by atoms with Gasteiger partial charge in [-0.1, -0.05) is 0 Å². The van der Waals surface area contributed by atoms with Gasteiger partial charge in [0.15, 0.2) is 0 Å². The fraction of sp³-hybridized carbons (Fsp3) is 0.167. The summed E-state index contributed by atoms with van der Waals surface area (Å²) in [6.07, 6.45) is -0.962. The highest BCUT2D eigenvalue weighted by Crippen LogP contribution is 2.26. The number of rotatable bonds is 5. The van der Waals surface area contributed by atoms with Crippen molar-refractivity contribution in [3.05, 3.63) is 44.8 Å². The number of anilines is 1. The van der Waals surface area contributed by atoms with E-state index in [1.54, 1.807) is 16.8 Å². The van der Waals surface area contributed by atoms with Crippen molar-refractivity contribution in [1.29, 1.82) is 0 Å². The highest BCUT2D eigenvalue weighted by Gasteiger charge is 2.21. The van der Waals surface area contributed by atoms with Crippen LogP contribution in [0.4, 0.5) is 10.1 Å². The molecule has 1 heterocycles. The third-order valence-electron chi connectivity index (χ3n) is 2.74. The van der Waals surface area contributed by atoms with Gasteiger partial charge in [-0.2, -0.15) is 11.3 Å². The van der Waals surface area contributed by atoms with Crippen molar-refractivity contribution in [3.63, 3.8) is 0 Å². The zero-order valence-electron chi connectivity index (χ0n) is 10.6. The molecule has 114 valence electrons. The second kappa shape index (κ2) is 6.41. The number of aliphatic hydroxyl groups is 1. The van der Waals surface area contributed by atoms with Gasteiger partial charge < -0.3 is 10.8 Å². The van der Waals surface area contributed by atoms with Gasteiger partial charge in [0.1, 0.15) is 10.7 Å². The van der Waals surface area contributed by atoms with E-state index in [2.05, 4.69) is 20.7 Å². The molecule has 1 aromatic heterocycles. The largest absolute Gasteiger partial charge is 0.398 e. The summed E-state index contributed by atoms with van der Waals surface area (Å²) in [7, 11) is -3.94. The van der Waals surface area contributed by atoms with Gasteiger partial charge >= 0.3 is 0 Å². The lowest BCUT2D eigenvalue weighted by molar-refractivity contribution is 0.182. The maximum atomic E-state index is 13.3. The fourth-order valence-electron chi connectivity index (χ4n) is 1.63. The molecule has 5 nitrogen and oxygen atoms in total. The third kappa shape index (κ3) is 3.80. The molecule has 1 atom stereocenters. The van der Waals surface area contributed by atoms with Gasteiger partial charge in [0.05, 0.1) is 16.3 Å².